The molecule has 10 heavy (non-hydrogen) atoms. The van der Waals surface area contributed by atoms with Gasteiger partial charge in [-0.3, -0.25) is 4.55 Å². The molecule has 0 aliphatic carbocycles. The molecular weight excluding hydrogens is 152 g/mol. The number of rotatable bonds is 4. The summed E-state index contributed by atoms with van der Waals surface area (Å²) in [5.41, 5.74) is 0. The predicted molar refractivity (Wildman–Crippen MR) is 40.4 cm³/mol. The first kappa shape index (κ1) is 9.65. The molecule has 0 spiro atoms. The van der Waals surface area contributed by atoms with Gasteiger partial charge in [-0.25, -0.2) is 0 Å². The summed E-state index contributed by atoms with van der Waals surface area (Å²) in [5.74, 6) is -0.0397. The average molecular weight is 164 g/mol. The van der Waals surface area contributed by atoms with Crippen LogP contribution in [-0.4, -0.2) is 18.7 Å². The lowest BCUT2D eigenvalue weighted by Crippen LogP contribution is -2.06. The monoisotopic (exact) mass is 164 g/mol. The summed E-state index contributed by atoms with van der Waals surface area (Å²) in [5, 5.41) is 0. The molecule has 1 unspecified atom stereocenters. The highest BCUT2D eigenvalue weighted by molar-refractivity contribution is 7.85. The summed E-state index contributed by atoms with van der Waals surface area (Å²) in [6.45, 7) is 5.33. The van der Waals surface area contributed by atoms with Gasteiger partial charge in [-0.1, -0.05) is 13.0 Å². The molecule has 0 aliphatic rings. The lowest BCUT2D eigenvalue weighted by molar-refractivity contribution is 0.477. The predicted octanol–water partition coefficient (Wildman–Crippen LogP) is 1.09. The van der Waals surface area contributed by atoms with E-state index >= 15 is 0 Å². The molecule has 0 aromatic carbocycles. The van der Waals surface area contributed by atoms with Crippen molar-refractivity contribution in [2.24, 2.45) is 5.92 Å². The first-order valence-corrected chi connectivity index (χ1v) is 4.64. The van der Waals surface area contributed by atoms with E-state index in [1.54, 1.807) is 6.08 Å². The molecule has 0 aromatic rings. The molecule has 0 saturated heterocycles. The van der Waals surface area contributed by atoms with Gasteiger partial charge in [0.05, 0.1) is 5.75 Å². The van der Waals surface area contributed by atoms with Crippen LogP contribution in [-0.2, 0) is 10.1 Å². The normalized spacial score (nSPS) is 14.6. The molecule has 0 saturated carbocycles. The summed E-state index contributed by atoms with van der Waals surface area (Å²) in [7, 11) is -3.78. The van der Waals surface area contributed by atoms with Gasteiger partial charge >= 0.3 is 0 Å². The highest BCUT2D eigenvalue weighted by Crippen LogP contribution is 2.03. The highest BCUT2D eigenvalue weighted by Gasteiger charge is 2.05. The molecule has 0 heterocycles. The maximum atomic E-state index is 10.2. The van der Waals surface area contributed by atoms with Gasteiger partial charge in [0.1, 0.15) is 0 Å². The number of hydrogen-bond acceptors (Lipinski definition) is 2. The summed E-state index contributed by atoms with van der Waals surface area (Å²) in [4.78, 5) is 0. The fourth-order valence-electron chi connectivity index (χ4n) is 0.453. The fourth-order valence-corrected chi connectivity index (χ4v) is 1.12. The maximum Gasteiger partial charge on any atom is 0.264 e. The van der Waals surface area contributed by atoms with Crippen molar-refractivity contribution in [3.8, 4) is 0 Å². The summed E-state index contributed by atoms with van der Waals surface area (Å²) >= 11 is 0. The molecule has 1 N–H and O–H groups in total. The van der Waals surface area contributed by atoms with E-state index in [4.69, 9.17) is 4.55 Å². The number of hydrogen-bond donors (Lipinski definition) is 1. The molecule has 0 aromatic heterocycles. The van der Waals surface area contributed by atoms with Crippen LogP contribution >= 0.6 is 0 Å². The van der Waals surface area contributed by atoms with E-state index in [1.807, 2.05) is 6.92 Å². The van der Waals surface area contributed by atoms with E-state index < -0.39 is 10.1 Å². The molecular formula is C6H12O3S. The molecule has 60 valence electrons. The molecule has 4 heteroatoms. The van der Waals surface area contributed by atoms with E-state index in [-0.39, 0.29) is 11.7 Å². The van der Waals surface area contributed by atoms with E-state index in [9.17, 15) is 8.42 Å². The van der Waals surface area contributed by atoms with Crippen molar-refractivity contribution in [2.45, 2.75) is 13.3 Å². The quantitative estimate of drug-likeness (QED) is 0.499. The Hall–Kier alpha value is -0.350. The van der Waals surface area contributed by atoms with Crippen molar-refractivity contribution >= 4 is 10.1 Å². The van der Waals surface area contributed by atoms with Crippen LogP contribution in [0.4, 0.5) is 0 Å². The SMILES string of the molecule is C=CC(C)CCS(=O)(=O)O. The van der Waals surface area contributed by atoms with Crippen molar-refractivity contribution in [1.29, 1.82) is 0 Å². The zero-order valence-electron chi connectivity index (χ0n) is 5.95. The first-order chi connectivity index (χ1) is 4.45. The Morgan fingerprint density at radius 1 is 1.70 bits per heavy atom. The molecule has 0 bridgehead atoms. The second-order valence-corrected chi connectivity index (χ2v) is 3.86. The van der Waals surface area contributed by atoms with E-state index in [0.29, 0.717) is 6.42 Å². The lowest BCUT2D eigenvalue weighted by atomic mass is 10.1. The Morgan fingerprint density at radius 2 is 2.20 bits per heavy atom. The first-order valence-electron chi connectivity index (χ1n) is 3.03. The van der Waals surface area contributed by atoms with E-state index in [1.165, 1.54) is 0 Å². The fraction of sp³-hybridized carbons (Fsp3) is 0.667. The van der Waals surface area contributed by atoms with Crippen molar-refractivity contribution in [2.75, 3.05) is 5.75 Å². The van der Waals surface area contributed by atoms with Crippen molar-refractivity contribution < 1.29 is 13.0 Å². The molecule has 0 amide bonds. The van der Waals surface area contributed by atoms with Gasteiger partial charge in [0.2, 0.25) is 0 Å². The molecule has 1 atom stereocenters. The molecule has 0 fully saturated rings. The van der Waals surface area contributed by atoms with Gasteiger partial charge in [0.25, 0.3) is 10.1 Å². The van der Waals surface area contributed by atoms with Crippen molar-refractivity contribution in [3.63, 3.8) is 0 Å². The summed E-state index contributed by atoms with van der Waals surface area (Å²) in [6, 6.07) is 0. The Morgan fingerprint density at radius 3 is 2.50 bits per heavy atom. The summed E-state index contributed by atoms with van der Waals surface area (Å²) in [6.07, 6.45) is 2.09. The van der Waals surface area contributed by atoms with Gasteiger partial charge in [-0.2, -0.15) is 8.42 Å². The standard InChI is InChI=1S/C6H12O3S/c1-3-6(2)4-5-10(7,8)9/h3,6H,1,4-5H2,2H3,(H,7,8,9). The third-order valence-electron chi connectivity index (χ3n) is 1.23. The zero-order chi connectivity index (χ0) is 8.20. The van der Waals surface area contributed by atoms with Gasteiger partial charge in [0, 0.05) is 0 Å². The Kier molecular flexibility index (Phi) is 3.60. The minimum Gasteiger partial charge on any atom is -0.286 e. The van der Waals surface area contributed by atoms with Crippen molar-refractivity contribution in [3.05, 3.63) is 12.7 Å². The van der Waals surface area contributed by atoms with Gasteiger partial charge < -0.3 is 0 Å². The van der Waals surface area contributed by atoms with Crippen LogP contribution in [0.3, 0.4) is 0 Å². The zero-order valence-corrected chi connectivity index (χ0v) is 6.76. The van der Waals surface area contributed by atoms with Gasteiger partial charge in [0.15, 0.2) is 0 Å². The van der Waals surface area contributed by atoms with E-state index in [0.717, 1.165) is 0 Å². The summed E-state index contributed by atoms with van der Waals surface area (Å²) < 4.78 is 28.6. The highest BCUT2D eigenvalue weighted by atomic mass is 32.2. The Labute approximate surface area is 61.5 Å². The third kappa shape index (κ3) is 5.78. The number of allylic oxidation sites excluding steroid dienone is 1. The minimum atomic E-state index is -3.78. The van der Waals surface area contributed by atoms with E-state index in [2.05, 4.69) is 6.58 Å². The smallest absolute Gasteiger partial charge is 0.264 e. The topological polar surface area (TPSA) is 54.4 Å². The second kappa shape index (κ2) is 3.73. The van der Waals surface area contributed by atoms with Crippen LogP contribution in [0.2, 0.25) is 0 Å². The van der Waals surface area contributed by atoms with Crippen LogP contribution in [0.25, 0.3) is 0 Å². The third-order valence-corrected chi connectivity index (χ3v) is 1.99. The van der Waals surface area contributed by atoms with Crippen LogP contribution < -0.4 is 0 Å². The van der Waals surface area contributed by atoms with Crippen LogP contribution in [0, 0.1) is 5.92 Å². The van der Waals surface area contributed by atoms with Crippen LogP contribution in [0.15, 0.2) is 12.7 Å². The van der Waals surface area contributed by atoms with Gasteiger partial charge in [-0.05, 0) is 12.3 Å². The largest absolute Gasteiger partial charge is 0.286 e. The molecule has 3 nitrogen and oxygen atoms in total. The van der Waals surface area contributed by atoms with Gasteiger partial charge in [-0.15, -0.1) is 6.58 Å². The van der Waals surface area contributed by atoms with Crippen LogP contribution in [0.1, 0.15) is 13.3 Å². The maximum absolute atomic E-state index is 10.2. The average Bonchev–Trinajstić information content (AvgIpc) is 1.81. The Balaban J connectivity index is 3.66. The Bertz CT molecular complexity index is 193. The lowest BCUT2D eigenvalue weighted by Gasteiger charge is -2.01. The minimum absolute atomic E-state index is 0.141. The molecule has 0 rings (SSSR count). The van der Waals surface area contributed by atoms with Crippen LogP contribution in [0.5, 0.6) is 0 Å². The molecule has 0 aliphatic heterocycles. The molecule has 0 radical (unpaired) electrons. The van der Waals surface area contributed by atoms with Crippen molar-refractivity contribution in [1.82, 2.24) is 0 Å². The second-order valence-electron chi connectivity index (χ2n) is 2.29.